The van der Waals surface area contributed by atoms with E-state index >= 15 is 0 Å². The van der Waals surface area contributed by atoms with Crippen LogP contribution in [-0.4, -0.2) is 9.97 Å². The van der Waals surface area contributed by atoms with Crippen molar-refractivity contribution in [1.82, 2.24) is 9.97 Å². The van der Waals surface area contributed by atoms with Crippen LogP contribution < -0.4 is 0 Å². The lowest BCUT2D eigenvalue weighted by molar-refractivity contribution is 1.05. The van der Waals surface area contributed by atoms with E-state index in [9.17, 15) is 5.26 Å². The van der Waals surface area contributed by atoms with E-state index in [2.05, 4.69) is 16.0 Å². The molecule has 0 aliphatic heterocycles. The minimum Gasteiger partial charge on any atom is -0.367 e. The first-order chi connectivity index (χ1) is 8.40. The van der Waals surface area contributed by atoms with Gasteiger partial charge in [0, 0.05) is 29.5 Å². The molecule has 17 heavy (non-hydrogen) atoms. The smallest absolute Gasteiger partial charge is 0.0997 e. The normalized spacial score (nSPS) is 12.4. The van der Waals surface area contributed by atoms with Crippen molar-refractivity contribution < 1.29 is 0 Å². The minimum absolute atomic E-state index is 0.225. The van der Waals surface area contributed by atoms with Crippen molar-refractivity contribution in [3.05, 3.63) is 60.0 Å². The Balaban J connectivity index is 2.18. The number of aromatic nitrogens is 2. The van der Waals surface area contributed by atoms with Crippen molar-refractivity contribution in [2.75, 3.05) is 0 Å². The van der Waals surface area contributed by atoms with E-state index in [-0.39, 0.29) is 5.92 Å². The van der Waals surface area contributed by atoms with Crippen LogP contribution >= 0.6 is 0 Å². The van der Waals surface area contributed by atoms with E-state index in [1.807, 2.05) is 48.9 Å². The van der Waals surface area contributed by atoms with Crippen LogP contribution in [0.25, 0.3) is 10.9 Å². The van der Waals surface area contributed by atoms with E-state index in [1.54, 1.807) is 0 Å². The number of fused-ring (bicyclic) bond motifs is 1. The van der Waals surface area contributed by atoms with Crippen molar-refractivity contribution in [3.8, 4) is 6.07 Å². The van der Waals surface area contributed by atoms with E-state index in [0.717, 1.165) is 22.0 Å². The highest BCUT2D eigenvalue weighted by Crippen LogP contribution is 2.29. The standard InChI is InChI=1S/C14H11N3/c15-7-12(10-5-6-16-8-10)13-9-17-14-4-2-1-3-11(13)14/h1-6,8-9,12,16-17H. The fourth-order valence-corrected chi connectivity index (χ4v) is 2.17. The molecule has 3 heteroatoms. The van der Waals surface area contributed by atoms with Gasteiger partial charge >= 0.3 is 0 Å². The molecule has 0 saturated heterocycles. The van der Waals surface area contributed by atoms with Crippen LogP contribution in [0.4, 0.5) is 0 Å². The maximum atomic E-state index is 9.35. The molecule has 3 aromatic rings. The van der Waals surface area contributed by atoms with E-state index in [1.165, 1.54) is 0 Å². The van der Waals surface area contributed by atoms with Crippen molar-refractivity contribution in [2.24, 2.45) is 0 Å². The van der Waals surface area contributed by atoms with Gasteiger partial charge in [0.15, 0.2) is 0 Å². The lowest BCUT2D eigenvalue weighted by Crippen LogP contribution is -1.95. The molecule has 0 saturated carbocycles. The second-order valence-corrected chi connectivity index (χ2v) is 4.00. The Labute approximate surface area is 98.7 Å². The van der Waals surface area contributed by atoms with Gasteiger partial charge in [-0.25, -0.2) is 0 Å². The molecule has 2 aromatic heterocycles. The molecule has 3 rings (SSSR count). The summed E-state index contributed by atoms with van der Waals surface area (Å²) in [6.07, 6.45) is 5.63. The molecule has 2 N–H and O–H groups in total. The highest BCUT2D eigenvalue weighted by Gasteiger charge is 2.17. The summed E-state index contributed by atoms with van der Waals surface area (Å²) in [6.45, 7) is 0. The molecule has 82 valence electrons. The second kappa shape index (κ2) is 3.84. The van der Waals surface area contributed by atoms with Gasteiger partial charge in [0.25, 0.3) is 0 Å². The van der Waals surface area contributed by atoms with Crippen LogP contribution in [-0.2, 0) is 0 Å². The van der Waals surface area contributed by atoms with Crippen molar-refractivity contribution in [2.45, 2.75) is 5.92 Å². The van der Waals surface area contributed by atoms with Gasteiger partial charge in [0.2, 0.25) is 0 Å². The molecule has 2 heterocycles. The lowest BCUT2D eigenvalue weighted by Gasteiger charge is -2.05. The summed E-state index contributed by atoms with van der Waals surface area (Å²) < 4.78 is 0. The summed E-state index contributed by atoms with van der Waals surface area (Å²) >= 11 is 0. The molecule has 0 amide bonds. The number of benzene rings is 1. The van der Waals surface area contributed by atoms with Crippen molar-refractivity contribution in [1.29, 1.82) is 5.26 Å². The van der Waals surface area contributed by atoms with Gasteiger partial charge in [-0.15, -0.1) is 0 Å². The van der Waals surface area contributed by atoms with Gasteiger partial charge in [-0.3, -0.25) is 0 Å². The van der Waals surface area contributed by atoms with Gasteiger partial charge in [-0.05, 0) is 23.3 Å². The number of para-hydroxylation sites is 1. The van der Waals surface area contributed by atoms with Gasteiger partial charge in [0.1, 0.15) is 0 Å². The highest BCUT2D eigenvalue weighted by molar-refractivity contribution is 5.84. The molecule has 1 atom stereocenters. The Kier molecular flexibility index (Phi) is 2.20. The number of hydrogen-bond acceptors (Lipinski definition) is 1. The number of nitriles is 1. The van der Waals surface area contributed by atoms with Crippen LogP contribution in [0.5, 0.6) is 0 Å². The number of nitrogens with zero attached hydrogens (tertiary/aromatic N) is 1. The van der Waals surface area contributed by atoms with E-state index in [0.29, 0.717) is 0 Å². The Morgan fingerprint density at radius 2 is 2.00 bits per heavy atom. The third kappa shape index (κ3) is 1.51. The summed E-state index contributed by atoms with van der Waals surface area (Å²) in [7, 11) is 0. The maximum absolute atomic E-state index is 9.35. The minimum atomic E-state index is -0.225. The number of H-pyrrole nitrogens is 2. The molecular weight excluding hydrogens is 210 g/mol. The van der Waals surface area contributed by atoms with E-state index in [4.69, 9.17) is 0 Å². The highest BCUT2D eigenvalue weighted by atomic mass is 14.7. The Morgan fingerprint density at radius 3 is 2.76 bits per heavy atom. The number of aromatic amines is 2. The fraction of sp³-hybridized carbons (Fsp3) is 0.0714. The predicted molar refractivity (Wildman–Crippen MR) is 66.5 cm³/mol. The predicted octanol–water partition coefficient (Wildman–Crippen LogP) is 3.15. The third-order valence-corrected chi connectivity index (χ3v) is 3.02. The zero-order valence-corrected chi connectivity index (χ0v) is 9.14. The Bertz CT molecular complexity index is 671. The van der Waals surface area contributed by atoms with Crippen LogP contribution in [0.15, 0.2) is 48.9 Å². The molecule has 0 aliphatic carbocycles. The van der Waals surface area contributed by atoms with Crippen LogP contribution in [0, 0.1) is 11.3 Å². The molecule has 0 radical (unpaired) electrons. The van der Waals surface area contributed by atoms with Crippen LogP contribution in [0.2, 0.25) is 0 Å². The van der Waals surface area contributed by atoms with E-state index < -0.39 is 0 Å². The number of hydrogen-bond donors (Lipinski definition) is 2. The quantitative estimate of drug-likeness (QED) is 0.686. The zero-order valence-electron chi connectivity index (χ0n) is 9.14. The summed E-state index contributed by atoms with van der Waals surface area (Å²) in [5, 5.41) is 10.5. The Morgan fingerprint density at radius 1 is 1.12 bits per heavy atom. The summed E-state index contributed by atoms with van der Waals surface area (Å²) in [5.41, 5.74) is 3.10. The molecule has 0 aliphatic rings. The molecule has 0 bridgehead atoms. The molecule has 3 nitrogen and oxygen atoms in total. The Hall–Kier alpha value is -2.47. The first-order valence-electron chi connectivity index (χ1n) is 5.48. The maximum Gasteiger partial charge on any atom is 0.0997 e. The number of nitrogens with one attached hydrogen (secondary N) is 2. The number of rotatable bonds is 2. The molecule has 0 spiro atoms. The largest absolute Gasteiger partial charge is 0.367 e. The summed E-state index contributed by atoms with van der Waals surface area (Å²) in [5.74, 6) is -0.225. The first-order valence-corrected chi connectivity index (χ1v) is 5.48. The van der Waals surface area contributed by atoms with Crippen LogP contribution in [0.3, 0.4) is 0 Å². The topological polar surface area (TPSA) is 55.4 Å². The second-order valence-electron chi connectivity index (χ2n) is 4.00. The molecule has 0 fully saturated rings. The summed E-state index contributed by atoms with van der Waals surface area (Å²) in [4.78, 5) is 6.20. The fourth-order valence-electron chi connectivity index (χ4n) is 2.17. The lowest BCUT2D eigenvalue weighted by atomic mass is 9.94. The van der Waals surface area contributed by atoms with Gasteiger partial charge in [-0.2, -0.15) is 5.26 Å². The molecule has 1 aromatic carbocycles. The third-order valence-electron chi connectivity index (χ3n) is 3.02. The summed E-state index contributed by atoms with van der Waals surface area (Å²) in [6, 6.07) is 12.3. The van der Waals surface area contributed by atoms with Gasteiger partial charge < -0.3 is 9.97 Å². The zero-order chi connectivity index (χ0) is 11.7. The molecular formula is C14H11N3. The van der Waals surface area contributed by atoms with Crippen molar-refractivity contribution >= 4 is 10.9 Å². The molecule has 1 unspecified atom stereocenters. The van der Waals surface area contributed by atoms with Gasteiger partial charge in [-0.1, -0.05) is 18.2 Å². The average molecular weight is 221 g/mol. The van der Waals surface area contributed by atoms with Gasteiger partial charge in [0.05, 0.1) is 12.0 Å². The van der Waals surface area contributed by atoms with Crippen molar-refractivity contribution in [3.63, 3.8) is 0 Å². The average Bonchev–Trinajstić information content (AvgIpc) is 3.01. The SMILES string of the molecule is N#CC(c1cc[nH]c1)c1c[nH]c2ccccc12. The first kappa shape index (κ1) is 9.73. The van der Waals surface area contributed by atoms with Crippen LogP contribution in [0.1, 0.15) is 17.0 Å². The monoisotopic (exact) mass is 221 g/mol.